The fraction of sp³-hybridized carbons (Fsp3) is 0.375. The van der Waals surface area contributed by atoms with Crippen molar-refractivity contribution in [2.75, 3.05) is 25.0 Å². The number of anilines is 1. The molecule has 0 fully saturated rings. The van der Waals surface area contributed by atoms with Gasteiger partial charge in [0.05, 0.1) is 5.52 Å². The number of aromatic nitrogens is 1. The number of nitrogens with zero attached hydrogens (tertiary/aromatic N) is 2. The molecule has 0 saturated carbocycles. The number of pyridine rings is 1. The van der Waals surface area contributed by atoms with E-state index in [4.69, 9.17) is 0 Å². The molecule has 3 rings (SSSR count). The Hall–Kier alpha value is -2.39. The summed E-state index contributed by atoms with van der Waals surface area (Å²) in [5.41, 5.74) is 4.68. The standard InChI is InChI=1S/C24H31N3/c1-4-27(5-2)17-9-10-19(3)26-24-15-16-25-23-14-13-21(18-22(23)24)20-11-7-6-8-12-20/h6-8,11-16,18-19H,4-5,9-10,17H2,1-3H3,(H,25,26)/t19-/m0/s1. The molecule has 27 heavy (non-hydrogen) atoms. The SMILES string of the molecule is CCN(CC)CCC[C@H](C)Nc1ccnc2ccc(-c3ccccc3)cc12. The highest BCUT2D eigenvalue weighted by Crippen LogP contribution is 2.28. The predicted octanol–water partition coefficient (Wildman–Crippen LogP) is 5.82. The van der Waals surface area contributed by atoms with Crippen molar-refractivity contribution in [3.63, 3.8) is 0 Å². The number of hydrogen-bond donors (Lipinski definition) is 1. The summed E-state index contributed by atoms with van der Waals surface area (Å²) >= 11 is 0. The summed E-state index contributed by atoms with van der Waals surface area (Å²) in [6, 6.07) is 19.6. The van der Waals surface area contributed by atoms with E-state index in [0.717, 1.165) is 18.6 Å². The normalized spacial score (nSPS) is 12.4. The molecule has 1 aromatic heterocycles. The van der Waals surface area contributed by atoms with Crippen LogP contribution in [0.5, 0.6) is 0 Å². The van der Waals surface area contributed by atoms with Crippen molar-refractivity contribution < 1.29 is 0 Å². The van der Waals surface area contributed by atoms with E-state index in [1.807, 2.05) is 6.20 Å². The Morgan fingerprint density at radius 1 is 0.963 bits per heavy atom. The summed E-state index contributed by atoms with van der Waals surface area (Å²) < 4.78 is 0. The van der Waals surface area contributed by atoms with Crippen LogP contribution in [0.25, 0.3) is 22.0 Å². The second kappa shape index (κ2) is 9.52. The van der Waals surface area contributed by atoms with Crippen molar-refractivity contribution in [3.05, 3.63) is 60.8 Å². The molecule has 142 valence electrons. The zero-order valence-corrected chi connectivity index (χ0v) is 16.8. The van der Waals surface area contributed by atoms with Crippen LogP contribution in [0.2, 0.25) is 0 Å². The Morgan fingerprint density at radius 2 is 1.74 bits per heavy atom. The highest BCUT2D eigenvalue weighted by atomic mass is 15.1. The van der Waals surface area contributed by atoms with Gasteiger partial charge in [-0.1, -0.05) is 50.2 Å². The molecule has 0 unspecified atom stereocenters. The predicted molar refractivity (Wildman–Crippen MR) is 117 cm³/mol. The van der Waals surface area contributed by atoms with Crippen molar-refractivity contribution in [2.24, 2.45) is 0 Å². The Balaban J connectivity index is 1.74. The Labute approximate surface area is 163 Å². The van der Waals surface area contributed by atoms with Gasteiger partial charge in [0.2, 0.25) is 0 Å². The lowest BCUT2D eigenvalue weighted by Crippen LogP contribution is -2.25. The molecule has 0 saturated heterocycles. The number of rotatable bonds is 9. The molecule has 1 atom stereocenters. The van der Waals surface area contributed by atoms with Gasteiger partial charge in [-0.25, -0.2) is 0 Å². The lowest BCUT2D eigenvalue weighted by Gasteiger charge is -2.21. The zero-order valence-electron chi connectivity index (χ0n) is 16.8. The molecule has 3 nitrogen and oxygen atoms in total. The lowest BCUT2D eigenvalue weighted by molar-refractivity contribution is 0.295. The Kier molecular flexibility index (Phi) is 6.83. The van der Waals surface area contributed by atoms with Crippen LogP contribution < -0.4 is 5.32 Å². The van der Waals surface area contributed by atoms with Crippen molar-refractivity contribution in [1.82, 2.24) is 9.88 Å². The monoisotopic (exact) mass is 361 g/mol. The maximum atomic E-state index is 4.54. The van der Waals surface area contributed by atoms with E-state index in [2.05, 4.69) is 90.6 Å². The fourth-order valence-electron chi connectivity index (χ4n) is 3.58. The number of benzene rings is 2. The fourth-order valence-corrected chi connectivity index (χ4v) is 3.58. The second-order valence-corrected chi connectivity index (χ2v) is 7.17. The molecule has 3 aromatic rings. The molecule has 1 heterocycles. The summed E-state index contributed by atoms with van der Waals surface area (Å²) in [6.07, 6.45) is 4.28. The first-order valence-corrected chi connectivity index (χ1v) is 10.1. The van der Waals surface area contributed by atoms with Crippen LogP contribution in [-0.2, 0) is 0 Å². The first-order chi connectivity index (χ1) is 13.2. The van der Waals surface area contributed by atoms with Gasteiger partial charge in [0.15, 0.2) is 0 Å². The molecule has 0 aliphatic heterocycles. The highest BCUT2D eigenvalue weighted by Gasteiger charge is 2.08. The molecular weight excluding hydrogens is 330 g/mol. The van der Waals surface area contributed by atoms with Crippen molar-refractivity contribution in [3.8, 4) is 11.1 Å². The van der Waals surface area contributed by atoms with Gasteiger partial charge in [-0.2, -0.15) is 0 Å². The first kappa shape index (κ1) is 19.4. The lowest BCUT2D eigenvalue weighted by atomic mass is 10.0. The maximum Gasteiger partial charge on any atom is 0.0723 e. The number of hydrogen-bond acceptors (Lipinski definition) is 3. The first-order valence-electron chi connectivity index (χ1n) is 10.1. The smallest absolute Gasteiger partial charge is 0.0723 e. The average molecular weight is 362 g/mol. The molecular formula is C24H31N3. The molecule has 0 bridgehead atoms. The van der Waals surface area contributed by atoms with Crippen LogP contribution in [-0.4, -0.2) is 35.6 Å². The minimum atomic E-state index is 0.437. The minimum Gasteiger partial charge on any atom is -0.382 e. The van der Waals surface area contributed by atoms with Gasteiger partial charge in [0.1, 0.15) is 0 Å². The average Bonchev–Trinajstić information content (AvgIpc) is 2.72. The van der Waals surface area contributed by atoms with Gasteiger partial charge in [-0.3, -0.25) is 4.98 Å². The van der Waals surface area contributed by atoms with Gasteiger partial charge >= 0.3 is 0 Å². The largest absolute Gasteiger partial charge is 0.382 e. The Bertz CT molecular complexity index is 841. The summed E-state index contributed by atoms with van der Waals surface area (Å²) in [7, 11) is 0. The summed E-state index contributed by atoms with van der Waals surface area (Å²) in [4.78, 5) is 7.03. The van der Waals surface area contributed by atoms with E-state index in [1.54, 1.807) is 0 Å². The third kappa shape index (κ3) is 5.08. The second-order valence-electron chi connectivity index (χ2n) is 7.17. The van der Waals surface area contributed by atoms with Crippen LogP contribution in [0, 0.1) is 0 Å². The summed E-state index contributed by atoms with van der Waals surface area (Å²) in [6.45, 7) is 10.2. The topological polar surface area (TPSA) is 28.2 Å². The van der Waals surface area contributed by atoms with Gasteiger partial charge < -0.3 is 10.2 Å². The third-order valence-corrected chi connectivity index (χ3v) is 5.26. The van der Waals surface area contributed by atoms with E-state index in [-0.39, 0.29) is 0 Å². The van der Waals surface area contributed by atoms with Gasteiger partial charge in [-0.15, -0.1) is 0 Å². The van der Waals surface area contributed by atoms with Crippen molar-refractivity contribution in [2.45, 2.75) is 39.7 Å². The molecule has 0 aliphatic rings. The van der Waals surface area contributed by atoms with Crippen LogP contribution in [0.3, 0.4) is 0 Å². The molecule has 2 aromatic carbocycles. The minimum absolute atomic E-state index is 0.437. The van der Waals surface area contributed by atoms with Crippen LogP contribution in [0.1, 0.15) is 33.6 Å². The zero-order chi connectivity index (χ0) is 19.1. The maximum absolute atomic E-state index is 4.54. The molecule has 3 heteroatoms. The number of fused-ring (bicyclic) bond motifs is 1. The number of nitrogens with one attached hydrogen (secondary N) is 1. The quantitative estimate of drug-likeness (QED) is 0.520. The van der Waals surface area contributed by atoms with E-state index >= 15 is 0 Å². The molecule has 0 radical (unpaired) electrons. The van der Waals surface area contributed by atoms with E-state index in [9.17, 15) is 0 Å². The van der Waals surface area contributed by atoms with Crippen molar-refractivity contribution >= 4 is 16.6 Å². The summed E-state index contributed by atoms with van der Waals surface area (Å²) in [5.74, 6) is 0. The van der Waals surface area contributed by atoms with Crippen molar-refractivity contribution in [1.29, 1.82) is 0 Å². The van der Waals surface area contributed by atoms with E-state index in [0.29, 0.717) is 6.04 Å². The van der Waals surface area contributed by atoms with E-state index < -0.39 is 0 Å². The van der Waals surface area contributed by atoms with Gasteiger partial charge in [-0.05, 0) is 68.7 Å². The molecule has 0 amide bonds. The van der Waals surface area contributed by atoms with Crippen LogP contribution >= 0.6 is 0 Å². The molecule has 0 aliphatic carbocycles. The summed E-state index contributed by atoms with van der Waals surface area (Å²) in [5, 5.41) is 4.90. The van der Waals surface area contributed by atoms with Gasteiger partial charge in [0.25, 0.3) is 0 Å². The Morgan fingerprint density at radius 3 is 2.48 bits per heavy atom. The molecule has 1 N–H and O–H groups in total. The molecule has 0 spiro atoms. The van der Waals surface area contributed by atoms with Crippen LogP contribution in [0.4, 0.5) is 5.69 Å². The van der Waals surface area contributed by atoms with Gasteiger partial charge in [0, 0.05) is 23.3 Å². The highest BCUT2D eigenvalue weighted by molar-refractivity contribution is 5.94. The van der Waals surface area contributed by atoms with E-state index in [1.165, 1.54) is 41.6 Å². The van der Waals surface area contributed by atoms with Crippen LogP contribution in [0.15, 0.2) is 60.8 Å². The third-order valence-electron chi connectivity index (χ3n) is 5.26.